The highest BCUT2D eigenvalue weighted by atomic mass is 35.5. The fourth-order valence-corrected chi connectivity index (χ4v) is 2.44. The van der Waals surface area contributed by atoms with Crippen LogP contribution in [0.4, 0.5) is 0 Å². The lowest BCUT2D eigenvalue weighted by atomic mass is 10.1. The van der Waals surface area contributed by atoms with E-state index in [2.05, 4.69) is 0 Å². The summed E-state index contributed by atoms with van der Waals surface area (Å²) >= 11 is 12.1. The molecule has 3 aromatic rings. The van der Waals surface area contributed by atoms with Gasteiger partial charge < -0.3 is 14.3 Å². The van der Waals surface area contributed by atoms with Crippen molar-refractivity contribution in [3.8, 4) is 5.75 Å². The van der Waals surface area contributed by atoms with Crippen molar-refractivity contribution in [3.63, 3.8) is 0 Å². The summed E-state index contributed by atoms with van der Waals surface area (Å²) in [5, 5.41) is 11.3. The molecule has 3 rings (SSSR count). The topological polar surface area (TPSA) is 59.7 Å². The van der Waals surface area contributed by atoms with Crippen molar-refractivity contribution in [1.82, 2.24) is 0 Å². The summed E-state index contributed by atoms with van der Waals surface area (Å²) in [5.74, 6) is -0.617. The molecule has 1 N–H and O–H groups in total. The van der Waals surface area contributed by atoms with Crippen LogP contribution in [-0.2, 0) is 4.79 Å². The Balaban J connectivity index is 2.12. The number of carbonyl (C=O) groups is 1. The fraction of sp³-hybridized carbons (Fsp3) is 0.133. The lowest BCUT2D eigenvalue weighted by Crippen LogP contribution is -2.22. The zero-order valence-corrected chi connectivity index (χ0v) is 12.4. The van der Waals surface area contributed by atoms with Gasteiger partial charge >= 0.3 is 5.97 Å². The van der Waals surface area contributed by atoms with Crippen molar-refractivity contribution in [3.05, 3.63) is 40.4 Å². The highest BCUT2D eigenvalue weighted by Crippen LogP contribution is 2.38. The standard InChI is InChI=1S/C15H10Cl2O4/c1-7(15(18)19)20-8-2-3-9-10-4-5-11(16)13(17)14(10)21-12(9)6-8/h2-7H,1H3,(H,18,19). The number of benzene rings is 2. The van der Waals surface area contributed by atoms with Crippen LogP contribution < -0.4 is 4.74 Å². The first-order valence-electron chi connectivity index (χ1n) is 6.17. The van der Waals surface area contributed by atoms with E-state index in [0.29, 0.717) is 27.0 Å². The van der Waals surface area contributed by atoms with Crippen LogP contribution >= 0.6 is 23.2 Å². The molecule has 1 unspecified atom stereocenters. The molecule has 108 valence electrons. The van der Waals surface area contributed by atoms with Crippen LogP contribution in [0.5, 0.6) is 5.75 Å². The molecule has 0 aliphatic heterocycles. The molecule has 1 atom stereocenters. The molecule has 0 radical (unpaired) electrons. The average molecular weight is 325 g/mol. The number of fused-ring (bicyclic) bond motifs is 3. The Labute approximate surface area is 129 Å². The zero-order chi connectivity index (χ0) is 15.1. The van der Waals surface area contributed by atoms with Crippen LogP contribution in [0.1, 0.15) is 6.92 Å². The molecular weight excluding hydrogens is 315 g/mol. The molecule has 6 heteroatoms. The first-order chi connectivity index (χ1) is 9.97. The Morgan fingerprint density at radius 3 is 2.67 bits per heavy atom. The molecule has 2 aromatic carbocycles. The summed E-state index contributed by atoms with van der Waals surface area (Å²) in [6.45, 7) is 1.46. The van der Waals surface area contributed by atoms with E-state index in [1.54, 1.807) is 24.3 Å². The molecule has 0 fully saturated rings. The minimum atomic E-state index is -1.03. The van der Waals surface area contributed by atoms with E-state index < -0.39 is 12.1 Å². The molecule has 0 spiro atoms. The lowest BCUT2D eigenvalue weighted by molar-refractivity contribution is -0.144. The Morgan fingerprint density at radius 1 is 1.24 bits per heavy atom. The summed E-state index contributed by atoms with van der Waals surface area (Å²) in [5.41, 5.74) is 1.06. The van der Waals surface area contributed by atoms with Gasteiger partial charge in [-0.15, -0.1) is 0 Å². The van der Waals surface area contributed by atoms with Gasteiger partial charge in [-0.3, -0.25) is 0 Å². The second-order valence-corrected chi connectivity index (χ2v) is 5.38. The predicted molar refractivity (Wildman–Crippen MR) is 81.5 cm³/mol. The van der Waals surface area contributed by atoms with E-state index in [4.69, 9.17) is 37.5 Å². The normalized spacial score (nSPS) is 12.7. The van der Waals surface area contributed by atoms with Gasteiger partial charge in [0.1, 0.15) is 16.4 Å². The van der Waals surface area contributed by atoms with Crippen molar-refractivity contribution >= 4 is 51.1 Å². The Morgan fingerprint density at radius 2 is 1.95 bits per heavy atom. The number of hydrogen-bond donors (Lipinski definition) is 1. The zero-order valence-electron chi connectivity index (χ0n) is 10.9. The SMILES string of the molecule is CC(Oc1ccc2c(c1)oc1c(Cl)c(Cl)ccc12)C(=O)O. The minimum Gasteiger partial charge on any atom is -0.479 e. The molecule has 1 heterocycles. The molecule has 4 nitrogen and oxygen atoms in total. The highest BCUT2D eigenvalue weighted by Gasteiger charge is 2.15. The summed E-state index contributed by atoms with van der Waals surface area (Å²) in [6.07, 6.45) is -0.940. The van der Waals surface area contributed by atoms with Crippen LogP contribution in [0.3, 0.4) is 0 Å². The van der Waals surface area contributed by atoms with E-state index in [-0.39, 0.29) is 0 Å². The molecular formula is C15H10Cl2O4. The first kappa shape index (κ1) is 14.0. The molecule has 0 saturated carbocycles. The smallest absolute Gasteiger partial charge is 0.344 e. The number of hydrogen-bond acceptors (Lipinski definition) is 3. The molecule has 0 bridgehead atoms. The Kier molecular flexibility index (Phi) is 3.43. The van der Waals surface area contributed by atoms with Gasteiger partial charge in [0.15, 0.2) is 11.7 Å². The summed E-state index contributed by atoms with van der Waals surface area (Å²) < 4.78 is 11.0. The number of carboxylic acids is 1. The fourth-order valence-electron chi connectivity index (χ4n) is 2.09. The maximum absolute atomic E-state index is 10.8. The van der Waals surface area contributed by atoms with Gasteiger partial charge in [-0.1, -0.05) is 23.2 Å². The average Bonchev–Trinajstić information content (AvgIpc) is 2.81. The van der Waals surface area contributed by atoms with E-state index >= 15 is 0 Å². The van der Waals surface area contributed by atoms with Crippen molar-refractivity contribution in [2.24, 2.45) is 0 Å². The molecule has 0 saturated heterocycles. The second kappa shape index (κ2) is 5.13. The van der Waals surface area contributed by atoms with Gasteiger partial charge in [0, 0.05) is 16.8 Å². The van der Waals surface area contributed by atoms with E-state index in [1.165, 1.54) is 6.92 Å². The van der Waals surface area contributed by atoms with Crippen LogP contribution in [0.15, 0.2) is 34.7 Å². The molecule has 0 aliphatic carbocycles. The van der Waals surface area contributed by atoms with Gasteiger partial charge in [0.2, 0.25) is 0 Å². The number of carboxylic acid groups (broad SMARTS) is 1. The van der Waals surface area contributed by atoms with Gasteiger partial charge in [0.25, 0.3) is 0 Å². The summed E-state index contributed by atoms with van der Waals surface area (Å²) in [6, 6.07) is 8.67. The maximum Gasteiger partial charge on any atom is 0.344 e. The third kappa shape index (κ3) is 2.41. The van der Waals surface area contributed by atoms with Crippen molar-refractivity contribution in [1.29, 1.82) is 0 Å². The molecule has 1 aromatic heterocycles. The number of aliphatic carboxylic acids is 1. The van der Waals surface area contributed by atoms with Gasteiger partial charge in [-0.05, 0) is 31.2 Å². The van der Waals surface area contributed by atoms with Crippen molar-refractivity contribution in [2.45, 2.75) is 13.0 Å². The summed E-state index contributed by atoms with van der Waals surface area (Å²) in [4.78, 5) is 10.8. The monoisotopic (exact) mass is 324 g/mol. The third-order valence-corrected chi connectivity index (χ3v) is 3.95. The largest absolute Gasteiger partial charge is 0.479 e. The van der Waals surface area contributed by atoms with Crippen molar-refractivity contribution in [2.75, 3.05) is 0 Å². The van der Waals surface area contributed by atoms with Crippen LogP contribution in [-0.4, -0.2) is 17.2 Å². The van der Waals surface area contributed by atoms with Crippen LogP contribution in [0.2, 0.25) is 10.0 Å². The van der Waals surface area contributed by atoms with E-state index in [0.717, 1.165) is 10.8 Å². The number of rotatable bonds is 3. The van der Waals surface area contributed by atoms with E-state index in [9.17, 15) is 4.79 Å². The Hall–Kier alpha value is -1.91. The van der Waals surface area contributed by atoms with Crippen LogP contribution in [0, 0.1) is 0 Å². The van der Waals surface area contributed by atoms with Gasteiger partial charge in [-0.2, -0.15) is 0 Å². The third-order valence-electron chi connectivity index (χ3n) is 3.17. The Bertz CT molecular complexity index is 854. The van der Waals surface area contributed by atoms with Gasteiger partial charge in [0.05, 0.1) is 5.02 Å². The number of ether oxygens (including phenoxy) is 1. The first-order valence-corrected chi connectivity index (χ1v) is 6.92. The van der Waals surface area contributed by atoms with Gasteiger partial charge in [-0.25, -0.2) is 4.79 Å². The quantitative estimate of drug-likeness (QED) is 0.755. The lowest BCUT2D eigenvalue weighted by Gasteiger charge is -2.09. The summed E-state index contributed by atoms with van der Waals surface area (Å²) in [7, 11) is 0. The highest BCUT2D eigenvalue weighted by molar-refractivity contribution is 6.45. The molecule has 0 aliphatic rings. The number of halogens is 2. The number of furan rings is 1. The predicted octanol–water partition coefficient (Wildman–Crippen LogP) is 4.74. The van der Waals surface area contributed by atoms with E-state index in [1.807, 2.05) is 6.07 Å². The minimum absolute atomic E-state index is 0.353. The van der Waals surface area contributed by atoms with Crippen molar-refractivity contribution < 1.29 is 19.1 Å². The molecule has 21 heavy (non-hydrogen) atoms. The molecule has 0 amide bonds. The second-order valence-electron chi connectivity index (χ2n) is 4.60. The van der Waals surface area contributed by atoms with Crippen LogP contribution in [0.25, 0.3) is 21.9 Å². The maximum atomic E-state index is 10.8.